The molecule has 0 atom stereocenters. The number of ether oxygens (including phenoxy) is 2. The molecule has 0 spiro atoms. The maximum atomic E-state index is 12.7. The van der Waals surface area contributed by atoms with Crippen LogP contribution in [-0.2, 0) is 4.74 Å². The van der Waals surface area contributed by atoms with Crippen LogP contribution in [0.5, 0.6) is 5.75 Å². The normalized spacial score (nSPS) is 11.1. The summed E-state index contributed by atoms with van der Waals surface area (Å²) in [7, 11) is 0.936. The van der Waals surface area contributed by atoms with E-state index in [-0.39, 0.29) is 0 Å². The van der Waals surface area contributed by atoms with Gasteiger partial charge in [0.25, 0.3) is 6.43 Å². The van der Waals surface area contributed by atoms with Gasteiger partial charge in [-0.3, -0.25) is 0 Å². The Balaban J connectivity index is 3.46. The van der Waals surface area contributed by atoms with Gasteiger partial charge in [-0.2, -0.15) is 5.26 Å². The van der Waals surface area contributed by atoms with Gasteiger partial charge in [-0.25, -0.2) is 13.6 Å². The predicted molar refractivity (Wildman–Crippen MR) is 54.1 cm³/mol. The lowest BCUT2D eigenvalue weighted by molar-refractivity contribution is -0.275. The van der Waals surface area contributed by atoms with Crippen molar-refractivity contribution in [3.63, 3.8) is 0 Å². The number of esters is 1. The van der Waals surface area contributed by atoms with Gasteiger partial charge in [0, 0.05) is 0 Å². The van der Waals surface area contributed by atoms with Gasteiger partial charge in [-0.05, 0) is 12.1 Å². The number of rotatable bonds is 3. The van der Waals surface area contributed by atoms with Crippen LogP contribution in [0.25, 0.3) is 0 Å². The molecule has 0 saturated heterocycles. The van der Waals surface area contributed by atoms with Crippen molar-refractivity contribution in [1.82, 2.24) is 0 Å². The first-order chi connectivity index (χ1) is 9.19. The summed E-state index contributed by atoms with van der Waals surface area (Å²) in [6.07, 6.45) is -8.54. The van der Waals surface area contributed by atoms with Crippen LogP contribution < -0.4 is 4.74 Å². The van der Waals surface area contributed by atoms with Crippen LogP contribution in [0.15, 0.2) is 12.1 Å². The van der Waals surface area contributed by atoms with Gasteiger partial charge in [-0.1, -0.05) is 0 Å². The largest absolute Gasteiger partial charge is 0.573 e. The van der Waals surface area contributed by atoms with Crippen molar-refractivity contribution in [3.8, 4) is 11.8 Å². The second-order valence-corrected chi connectivity index (χ2v) is 3.39. The Morgan fingerprint density at radius 2 is 1.95 bits per heavy atom. The maximum absolute atomic E-state index is 12.7. The molecular weight excluding hydrogens is 289 g/mol. The van der Waals surface area contributed by atoms with Crippen LogP contribution in [0, 0.1) is 11.3 Å². The minimum atomic E-state index is -5.21. The van der Waals surface area contributed by atoms with E-state index in [2.05, 4.69) is 9.47 Å². The average molecular weight is 295 g/mol. The number of methoxy groups -OCH3 is 1. The van der Waals surface area contributed by atoms with Crippen LogP contribution in [0.1, 0.15) is 27.9 Å². The van der Waals surface area contributed by atoms with Gasteiger partial charge in [0.05, 0.1) is 23.8 Å². The molecule has 0 aromatic heterocycles. The number of hydrogen-bond acceptors (Lipinski definition) is 4. The Kier molecular flexibility index (Phi) is 4.49. The highest BCUT2D eigenvalue weighted by Crippen LogP contribution is 2.35. The van der Waals surface area contributed by atoms with Crippen LogP contribution in [0.4, 0.5) is 22.0 Å². The molecule has 1 rings (SSSR count). The van der Waals surface area contributed by atoms with E-state index < -0.39 is 41.2 Å². The molecule has 108 valence electrons. The van der Waals surface area contributed by atoms with Crippen molar-refractivity contribution >= 4 is 5.97 Å². The van der Waals surface area contributed by atoms with Crippen LogP contribution in [0.2, 0.25) is 0 Å². The van der Waals surface area contributed by atoms with Crippen molar-refractivity contribution in [2.24, 2.45) is 0 Å². The Bertz CT molecular complexity index is 562. The Morgan fingerprint density at radius 1 is 1.35 bits per heavy atom. The average Bonchev–Trinajstić information content (AvgIpc) is 2.35. The van der Waals surface area contributed by atoms with E-state index in [0.717, 1.165) is 7.11 Å². The third-order valence-electron chi connectivity index (χ3n) is 2.14. The van der Waals surface area contributed by atoms with E-state index in [1.807, 2.05) is 0 Å². The Hall–Kier alpha value is -2.37. The number of alkyl halides is 5. The summed E-state index contributed by atoms with van der Waals surface area (Å²) in [4.78, 5) is 11.3. The highest BCUT2D eigenvalue weighted by atomic mass is 19.4. The summed E-state index contributed by atoms with van der Waals surface area (Å²) in [5, 5.41) is 8.73. The topological polar surface area (TPSA) is 59.3 Å². The van der Waals surface area contributed by atoms with E-state index in [1.54, 1.807) is 0 Å². The number of hydrogen-bond donors (Lipinski definition) is 0. The third kappa shape index (κ3) is 3.57. The van der Waals surface area contributed by atoms with Crippen molar-refractivity contribution in [3.05, 3.63) is 28.8 Å². The summed E-state index contributed by atoms with van der Waals surface area (Å²) in [5.41, 5.74) is -2.30. The molecule has 0 N–H and O–H groups in total. The molecule has 1 aromatic carbocycles. The SMILES string of the molecule is COC(=O)c1cc(C(F)F)c(OC(F)(F)F)cc1C#N. The lowest BCUT2D eigenvalue weighted by Gasteiger charge is -2.14. The minimum absolute atomic E-state index is 0.418. The molecule has 0 saturated carbocycles. The summed E-state index contributed by atoms with van der Waals surface area (Å²) in [6.45, 7) is 0. The highest BCUT2D eigenvalue weighted by Gasteiger charge is 2.34. The Labute approximate surface area is 109 Å². The van der Waals surface area contributed by atoms with Crippen LogP contribution in [0.3, 0.4) is 0 Å². The smallest absolute Gasteiger partial charge is 0.465 e. The summed E-state index contributed by atoms with van der Waals surface area (Å²) < 4.78 is 69.4. The number of halogens is 5. The molecule has 0 radical (unpaired) electrons. The zero-order valence-electron chi connectivity index (χ0n) is 9.79. The van der Waals surface area contributed by atoms with Gasteiger partial charge < -0.3 is 9.47 Å². The van der Waals surface area contributed by atoms with Crippen molar-refractivity contribution in [2.45, 2.75) is 12.8 Å². The molecular formula is C11H6F5NO3. The molecule has 0 amide bonds. The standard InChI is InChI=1S/C11H6F5NO3/c1-19-10(18)6-3-7(9(12)13)8(2-5(6)4-17)20-11(14,15)16/h2-3,9H,1H3. The van der Waals surface area contributed by atoms with Crippen molar-refractivity contribution in [2.75, 3.05) is 7.11 Å². The fourth-order valence-electron chi connectivity index (χ4n) is 1.35. The van der Waals surface area contributed by atoms with Crippen molar-refractivity contribution < 1.29 is 36.2 Å². The third-order valence-corrected chi connectivity index (χ3v) is 2.14. The Morgan fingerprint density at radius 3 is 2.35 bits per heavy atom. The van der Waals surface area contributed by atoms with Crippen LogP contribution in [-0.4, -0.2) is 19.4 Å². The number of carbonyl (C=O) groups excluding carboxylic acids is 1. The molecule has 1 aromatic rings. The molecule has 0 aliphatic rings. The molecule has 0 aliphatic carbocycles. The summed E-state index contributed by atoms with van der Waals surface area (Å²) >= 11 is 0. The second kappa shape index (κ2) is 5.73. The molecule has 0 aliphatic heterocycles. The first-order valence-corrected chi connectivity index (χ1v) is 4.90. The number of nitriles is 1. The zero-order valence-corrected chi connectivity index (χ0v) is 9.79. The lowest BCUT2D eigenvalue weighted by atomic mass is 10.0. The minimum Gasteiger partial charge on any atom is -0.465 e. The zero-order chi connectivity index (χ0) is 15.5. The fraction of sp³-hybridized carbons (Fsp3) is 0.273. The fourth-order valence-corrected chi connectivity index (χ4v) is 1.35. The molecule has 0 unspecified atom stereocenters. The maximum Gasteiger partial charge on any atom is 0.573 e. The number of benzene rings is 1. The van der Waals surface area contributed by atoms with Gasteiger partial charge >= 0.3 is 12.3 Å². The predicted octanol–water partition coefficient (Wildman–Crippen LogP) is 3.18. The van der Waals surface area contributed by atoms with E-state index >= 15 is 0 Å². The first kappa shape index (κ1) is 15.7. The molecule has 20 heavy (non-hydrogen) atoms. The van der Waals surface area contributed by atoms with Crippen molar-refractivity contribution in [1.29, 1.82) is 5.26 Å². The molecule has 0 fully saturated rings. The van der Waals surface area contributed by atoms with Gasteiger partial charge in [0.15, 0.2) is 0 Å². The molecule has 0 heterocycles. The van der Waals surface area contributed by atoms with Gasteiger partial charge in [0.2, 0.25) is 0 Å². The summed E-state index contributed by atoms with van der Waals surface area (Å²) in [5.74, 6) is -2.36. The first-order valence-electron chi connectivity index (χ1n) is 4.90. The molecule has 9 heteroatoms. The molecule has 0 bridgehead atoms. The second-order valence-electron chi connectivity index (χ2n) is 3.39. The highest BCUT2D eigenvalue weighted by molar-refractivity contribution is 5.92. The summed E-state index contributed by atoms with van der Waals surface area (Å²) in [6, 6.07) is 2.27. The van der Waals surface area contributed by atoms with Crippen LogP contribution >= 0.6 is 0 Å². The van der Waals surface area contributed by atoms with Gasteiger partial charge in [0.1, 0.15) is 11.8 Å². The van der Waals surface area contributed by atoms with E-state index in [0.29, 0.717) is 12.1 Å². The monoisotopic (exact) mass is 295 g/mol. The lowest BCUT2D eigenvalue weighted by Crippen LogP contribution is -2.19. The quantitative estimate of drug-likeness (QED) is 0.634. The van der Waals surface area contributed by atoms with E-state index in [4.69, 9.17) is 5.26 Å². The van der Waals surface area contributed by atoms with E-state index in [1.165, 1.54) is 6.07 Å². The number of carbonyl (C=O) groups is 1. The number of nitrogens with zero attached hydrogens (tertiary/aromatic N) is 1. The van der Waals surface area contributed by atoms with Gasteiger partial charge in [-0.15, -0.1) is 13.2 Å². The van der Waals surface area contributed by atoms with E-state index in [9.17, 15) is 26.7 Å². The molecule has 4 nitrogen and oxygen atoms in total.